The first-order valence-corrected chi connectivity index (χ1v) is 8.08. The molecule has 0 saturated carbocycles. The van der Waals surface area contributed by atoms with Crippen molar-refractivity contribution in [2.24, 2.45) is 5.10 Å². The van der Waals surface area contributed by atoms with Crippen molar-refractivity contribution in [2.75, 3.05) is 19.4 Å². The van der Waals surface area contributed by atoms with Crippen LogP contribution in [0.2, 0.25) is 0 Å². The lowest BCUT2D eigenvalue weighted by molar-refractivity contribution is -0.117. The van der Waals surface area contributed by atoms with Gasteiger partial charge in [0.25, 0.3) is 11.8 Å². The SMILES string of the molecule is Cc1ccnc(N/C=C(\NC(=O)c2ccccc2)C(=O)N/N=C/N(C)C)n1. The van der Waals surface area contributed by atoms with Crippen LogP contribution in [0.15, 0.2) is 59.6 Å². The van der Waals surface area contributed by atoms with Crippen molar-refractivity contribution >= 4 is 24.1 Å². The summed E-state index contributed by atoms with van der Waals surface area (Å²) in [5.74, 6) is -0.732. The number of hydrogen-bond donors (Lipinski definition) is 3. The van der Waals surface area contributed by atoms with Crippen LogP contribution >= 0.6 is 0 Å². The number of anilines is 1. The van der Waals surface area contributed by atoms with E-state index in [1.165, 1.54) is 12.5 Å². The summed E-state index contributed by atoms with van der Waals surface area (Å²) in [6, 6.07) is 10.3. The molecular formula is C18H21N7O2. The Hall–Kier alpha value is -3.75. The standard InChI is InChI=1S/C18H21N7O2/c1-13-9-10-19-18(22-13)20-11-15(17(27)24-21-12-25(2)3)23-16(26)14-7-5-4-6-8-14/h4-12H,1-3H3,(H,23,26)(H,24,27)(H,19,20,22)/b15-11-,21-12+. The summed E-state index contributed by atoms with van der Waals surface area (Å²) in [6.45, 7) is 1.82. The predicted molar refractivity (Wildman–Crippen MR) is 103 cm³/mol. The number of carbonyl (C=O) groups excluding carboxylic acids is 2. The zero-order chi connectivity index (χ0) is 19.6. The highest BCUT2D eigenvalue weighted by atomic mass is 16.2. The van der Waals surface area contributed by atoms with Crippen LogP contribution in [0, 0.1) is 6.92 Å². The zero-order valence-electron chi connectivity index (χ0n) is 15.3. The van der Waals surface area contributed by atoms with Crippen molar-refractivity contribution in [3.8, 4) is 0 Å². The number of aromatic nitrogens is 2. The largest absolute Gasteiger partial charge is 0.367 e. The summed E-state index contributed by atoms with van der Waals surface area (Å²) in [7, 11) is 3.53. The average Bonchev–Trinajstić information content (AvgIpc) is 2.65. The van der Waals surface area contributed by atoms with Gasteiger partial charge in [-0.3, -0.25) is 9.59 Å². The minimum atomic E-state index is -0.600. The molecule has 27 heavy (non-hydrogen) atoms. The van der Waals surface area contributed by atoms with Crippen LogP contribution in [0.25, 0.3) is 0 Å². The van der Waals surface area contributed by atoms with E-state index in [1.54, 1.807) is 61.6 Å². The molecule has 140 valence electrons. The van der Waals surface area contributed by atoms with Gasteiger partial charge in [0.05, 0.1) is 0 Å². The van der Waals surface area contributed by atoms with E-state index in [9.17, 15) is 9.59 Å². The Balaban J connectivity index is 2.17. The average molecular weight is 367 g/mol. The third-order valence-electron chi connectivity index (χ3n) is 3.12. The van der Waals surface area contributed by atoms with Gasteiger partial charge < -0.3 is 15.5 Å². The minimum absolute atomic E-state index is 0.0372. The molecule has 2 aromatic rings. The molecule has 0 spiro atoms. The molecule has 0 saturated heterocycles. The van der Waals surface area contributed by atoms with Crippen molar-refractivity contribution in [3.05, 3.63) is 65.7 Å². The fourth-order valence-electron chi connectivity index (χ4n) is 1.86. The number of amides is 2. The Morgan fingerprint density at radius 1 is 1.15 bits per heavy atom. The number of rotatable bonds is 7. The third-order valence-corrected chi connectivity index (χ3v) is 3.12. The highest BCUT2D eigenvalue weighted by Crippen LogP contribution is 2.03. The molecule has 0 aliphatic carbocycles. The Morgan fingerprint density at radius 3 is 2.56 bits per heavy atom. The van der Waals surface area contributed by atoms with Crippen LogP contribution in [0.4, 0.5) is 5.95 Å². The van der Waals surface area contributed by atoms with E-state index >= 15 is 0 Å². The van der Waals surface area contributed by atoms with Crippen LogP contribution in [0.3, 0.4) is 0 Å². The zero-order valence-corrected chi connectivity index (χ0v) is 15.3. The molecule has 0 aliphatic rings. The van der Waals surface area contributed by atoms with Gasteiger partial charge in [0.15, 0.2) is 0 Å². The molecule has 9 heteroatoms. The number of hydrazone groups is 1. The van der Waals surface area contributed by atoms with Gasteiger partial charge >= 0.3 is 0 Å². The minimum Gasteiger partial charge on any atom is -0.367 e. The van der Waals surface area contributed by atoms with Gasteiger partial charge in [-0.2, -0.15) is 5.10 Å². The van der Waals surface area contributed by atoms with E-state index in [-0.39, 0.29) is 5.70 Å². The van der Waals surface area contributed by atoms with Gasteiger partial charge in [-0.15, -0.1) is 0 Å². The molecular weight excluding hydrogens is 346 g/mol. The number of benzene rings is 1. The fourth-order valence-corrected chi connectivity index (χ4v) is 1.86. The van der Waals surface area contributed by atoms with Gasteiger partial charge in [-0.1, -0.05) is 18.2 Å². The lowest BCUT2D eigenvalue weighted by Gasteiger charge is -2.10. The van der Waals surface area contributed by atoms with Gasteiger partial charge in [0.2, 0.25) is 5.95 Å². The van der Waals surface area contributed by atoms with Crippen LogP contribution in [-0.4, -0.2) is 47.1 Å². The Bertz CT molecular complexity index is 848. The molecule has 0 aliphatic heterocycles. The first kappa shape index (κ1) is 19.6. The molecule has 0 bridgehead atoms. The van der Waals surface area contributed by atoms with Crippen molar-refractivity contribution in [3.63, 3.8) is 0 Å². The number of hydrogen-bond acceptors (Lipinski definition) is 6. The monoisotopic (exact) mass is 367 g/mol. The third kappa shape index (κ3) is 6.58. The summed E-state index contributed by atoms with van der Waals surface area (Å²) < 4.78 is 0. The summed E-state index contributed by atoms with van der Waals surface area (Å²) in [6.07, 6.45) is 4.32. The van der Waals surface area contributed by atoms with Gasteiger partial charge in [-0.05, 0) is 25.1 Å². The van der Waals surface area contributed by atoms with E-state index in [1.807, 2.05) is 6.92 Å². The number of aryl methyl sites for hydroxylation is 1. The molecule has 0 atom stereocenters. The predicted octanol–water partition coefficient (Wildman–Crippen LogP) is 1.09. The first-order valence-electron chi connectivity index (χ1n) is 8.08. The van der Waals surface area contributed by atoms with Crippen LogP contribution < -0.4 is 16.1 Å². The topological polar surface area (TPSA) is 112 Å². The highest BCUT2D eigenvalue weighted by molar-refractivity contribution is 6.02. The highest BCUT2D eigenvalue weighted by Gasteiger charge is 2.14. The smallest absolute Gasteiger partial charge is 0.289 e. The quantitative estimate of drug-likeness (QED) is 0.292. The molecule has 9 nitrogen and oxygen atoms in total. The maximum absolute atomic E-state index is 12.4. The lowest BCUT2D eigenvalue weighted by atomic mass is 10.2. The van der Waals surface area contributed by atoms with Crippen molar-refractivity contribution < 1.29 is 9.59 Å². The second-order valence-electron chi connectivity index (χ2n) is 5.69. The van der Waals surface area contributed by atoms with Gasteiger partial charge in [0.1, 0.15) is 12.0 Å². The normalized spacial score (nSPS) is 11.1. The number of nitrogens with zero attached hydrogens (tertiary/aromatic N) is 4. The Kier molecular flexibility index (Phi) is 7.00. The lowest BCUT2D eigenvalue weighted by Crippen LogP contribution is -2.33. The van der Waals surface area contributed by atoms with Crippen LogP contribution in [0.5, 0.6) is 0 Å². The van der Waals surface area contributed by atoms with Crippen molar-refractivity contribution in [1.82, 2.24) is 25.6 Å². The molecule has 2 rings (SSSR count). The van der Waals surface area contributed by atoms with E-state index in [2.05, 4.69) is 31.1 Å². The van der Waals surface area contributed by atoms with Crippen molar-refractivity contribution in [2.45, 2.75) is 6.92 Å². The van der Waals surface area contributed by atoms with Gasteiger partial charge in [0, 0.05) is 37.7 Å². The molecule has 3 N–H and O–H groups in total. The molecule has 0 radical (unpaired) electrons. The molecule has 0 fully saturated rings. The molecule has 1 aromatic heterocycles. The molecule has 1 heterocycles. The van der Waals surface area contributed by atoms with E-state index < -0.39 is 11.8 Å². The number of carbonyl (C=O) groups is 2. The van der Waals surface area contributed by atoms with E-state index in [0.29, 0.717) is 11.5 Å². The molecule has 1 aromatic carbocycles. The molecule has 2 amide bonds. The summed E-state index contributed by atoms with van der Waals surface area (Å²) in [5, 5.41) is 9.15. The number of nitrogens with one attached hydrogen (secondary N) is 3. The Labute approximate surface area is 157 Å². The molecule has 0 unspecified atom stereocenters. The van der Waals surface area contributed by atoms with Gasteiger partial charge in [-0.25, -0.2) is 15.4 Å². The van der Waals surface area contributed by atoms with E-state index in [4.69, 9.17) is 0 Å². The summed E-state index contributed by atoms with van der Waals surface area (Å²) in [4.78, 5) is 34.6. The fraction of sp³-hybridized carbons (Fsp3) is 0.167. The Morgan fingerprint density at radius 2 is 1.89 bits per heavy atom. The summed E-state index contributed by atoms with van der Waals surface area (Å²) in [5.41, 5.74) is 3.48. The second-order valence-corrected chi connectivity index (χ2v) is 5.69. The van der Waals surface area contributed by atoms with E-state index in [0.717, 1.165) is 5.69 Å². The maximum Gasteiger partial charge on any atom is 0.289 e. The van der Waals surface area contributed by atoms with Crippen molar-refractivity contribution in [1.29, 1.82) is 0 Å². The maximum atomic E-state index is 12.4. The first-order chi connectivity index (χ1) is 13.0. The summed E-state index contributed by atoms with van der Waals surface area (Å²) >= 11 is 0. The van der Waals surface area contributed by atoms with Crippen LogP contribution in [-0.2, 0) is 4.79 Å². The second kappa shape index (κ2) is 9.66. The van der Waals surface area contributed by atoms with Crippen LogP contribution in [0.1, 0.15) is 16.1 Å².